The zero-order chi connectivity index (χ0) is 17.1. The number of halogens is 2. The summed E-state index contributed by atoms with van der Waals surface area (Å²) < 4.78 is 1.23. The first-order chi connectivity index (χ1) is 12.3. The first kappa shape index (κ1) is 19.4. The number of rotatable bonds is 4. The largest absolute Gasteiger partial charge is 0.301 e. The van der Waals surface area contributed by atoms with Gasteiger partial charge in [-0.15, -0.1) is 23.7 Å². The molecule has 1 aliphatic heterocycles. The highest BCUT2D eigenvalue weighted by atomic mass is 35.5. The summed E-state index contributed by atoms with van der Waals surface area (Å²) in [5.74, 6) is 0. The highest BCUT2D eigenvalue weighted by molar-refractivity contribution is 7.21. The molecule has 0 unspecified atom stereocenters. The Hall–Kier alpha value is -1.39. The molecule has 1 aromatic heterocycles. The maximum absolute atomic E-state index is 6.24. The molecule has 4 rings (SSSR count). The second kappa shape index (κ2) is 9.01. The number of hydrogen-bond acceptors (Lipinski definition) is 3. The average Bonchev–Trinajstić information content (AvgIpc) is 3.16. The lowest BCUT2D eigenvalue weighted by Crippen LogP contribution is -2.23. The lowest BCUT2D eigenvalue weighted by Gasteiger charge is -2.12. The molecule has 2 heterocycles. The summed E-state index contributed by atoms with van der Waals surface area (Å²) in [5, 5.41) is 2.97. The fourth-order valence-electron chi connectivity index (χ4n) is 3.33. The molecule has 0 amide bonds. The summed E-state index contributed by atoms with van der Waals surface area (Å²) >= 11 is 8.03. The van der Waals surface area contributed by atoms with Gasteiger partial charge in [-0.05, 0) is 55.8 Å². The van der Waals surface area contributed by atoms with Crippen molar-refractivity contribution in [2.75, 3.05) is 26.2 Å². The highest BCUT2D eigenvalue weighted by Crippen LogP contribution is 2.29. The Balaban J connectivity index is 0.00000196. The van der Waals surface area contributed by atoms with Crippen molar-refractivity contribution >= 4 is 45.4 Å². The zero-order valence-electron chi connectivity index (χ0n) is 14.5. The Bertz CT molecular complexity index is 932. The third-order valence-corrected chi connectivity index (χ3v) is 6.05. The number of nitrogens with zero attached hydrogens (tertiary/aromatic N) is 2. The first-order valence-electron chi connectivity index (χ1n) is 8.81. The fraction of sp³-hybridized carbons (Fsp3) is 0.286. The Morgan fingerprint density at radius 3 is 2.54 bits per heavy atom. The standard InChI is InChI=1S/C21H21ClN2S.ClH/c22-17-8-9-20-18(14-17)19(23-10-13-24-11-4-5-12-24)15-21(25-20)16-6-2-1-3-7-16;/h1-3,6-9,14-15H,4-5,10-13H2;1H. The predicted molar refractivity (Wildman–Crippen MR) is 116 cm³/mol. The van der Waals surface area contributed by atoms with Crippen LogP contribution in [0.4, 0.5) is 0 Å². The smallest absolute Gasteiger partial charge is 0.0676 e. The van der Waals surface area contributed by atoms with Gasteiger partial charge in [0.25, 0.3) is 0 Å². The highest BCUT2D eigenvalue weighted by Gasteiger charge is 2.10. The van der Waals surface area contributed by atoms with Crippen molar-refractivity contribution in [2.45, 2.75) is 12.8 Å². The molecular weight excluding hydrogens is 383 g/mol. The Morgan fingerprint density at radius 2 is 1.77 bits per heavy atom. The molecule has 0 aliphatic carbocycles. The van der Waals surface area contributed by atoms with Crippen LogP contribution in [-0.4, -0.2) is 31.1 Å². The van der Waals surface area contributed by atoms with Crippen molar-refractivity contribution in [3.63, 3.8) is 0 Å². The quantitative estimate of drug-likeness (QED) is 0.549. The molecule has 26 heavy (non-hydrogen) atoms. The van der Waals surface area contributed by atoms with Crippen LogP contribution in [0.2, 0.25) is 5.02 Å². The van der Waals surface area contributed by atoms with E-state index in [1.54, 1.807) is 11.3 Å². The van der Waals surface area contributed by atoms with Gasteiger partial charge in [0, 0.05) is 26.5 Å². The lowest BCUT2D eigenvalue weighted by molar-refractivity contribution is 0.348. The molecule has 0 saturated carbocycles. The monoisotopic (exact) mass is 404 g/mol. The van der Waals surface area contributed by atoms with E-state index in [1.165, 1.54) is 41.1 Å². The number of fused-ring (bicyclic) bond motifs is 1. The average molecular weight is 405 g/mol. The fourth-order valence-corrected chi connectivity index (χ4v) is 4.58. The maximum atomic E-state index is 6.24. The van der Waals surface area contributed by atoms with E-state index in [-0.39, 0.29) is 12.4 Å². The third kappa shape index (κ3) is 4.47. The first-order valence-corrected chi connectivity index (χ1v) is 10.0. The van der Waals surface area contributed by atoms with Gasteiger partial charge in [-0.3, -0.25) is 4.99 Å². The molecule has 136 valence electrons. The van der Waals surface area contributed by atoms with Gasteiger partial charge < -0.3 is 4.90 Å². The van der Waals surface area contributed by atoms with Gasteiger partial charge in [-0.2, -0.15) is 0 Å². The van der Waals surface area contributed by atoms with Gasteiger partial charge in [-0.1, -0.05) is 41.9 Å². The van der Waals surface area contributed by atoms with E-state index in [2.05, 4.69) is 47.4 Å². The van der Waals surface area contributed by atoms with Crippen LogP contribution < -0.4 is 5.36 Å². The third-order valence-electron chi connectivity index (χ3n) is 4.66. The SMILES string of the molecule is Cl.Clc1ccc2sc(-c3ccccc3)cc(=NCCN3CCCC3)c2c1. The molecule has 3 aromatic rings. The van der Waals surface area contributed by atoms with E-state index < -0.39 is 0 Å². The van der Waals surface area contributed by atoms with E-state index in [0.29, 0.717) is 0 Å². The van der Waals surface area contributed by atoms with Crippen LogP contribution in [0.5, 0.6) is 0 Å². The Morgan fingerprint density at radius 1 is 1.00 bits per heavy atom. The van der Waals surface area contributed by atoms with Gasteiger partial charge in [0.1, 0.15) is 0 Å². The summed E-state index contributed by atoms with van der Waals surface area (Å²) in [7, 11) is 0. The van der Waals surface area contributed by atoms with E-state index in [9.17, 15) is 0 Å². The Labute approximate surface area is 169 Å². The molecule has 1 aliphatic rings. The van der Waals surface area contributed by atoms with Crippen LogP contribution in [-0.2, 0) is 0 Å². The van der Waals surface area contributed by atoms with Crippen LogP contribution in [0, 0.1) is 0 Å². The molecule has 2 nitrogen and oxygen atoms in total. The topological polar surface area (TPSA) is 15.6 Å². The van der Waals surface area contributed by atoms with Crippen molar-refractivity contribution in [3.8, 4) is 10.4 Å². The van der Waals surface area contributed by atoms with E-state index in [4.69, 9.17) is 16.6 Å². The van der Waals surface area contributed by atoms with Crippen molar-refractivity contribution in [1.82, 2.24) is 4.90 Å². The number of benzene rings is 2. The second-order valence-electron chi connectivity index (χ2n) is 6.43. The van der Waals surface area contributed by atoms with Crippen molar-refractivity contribution in [1.29, 1.82) is 0 Å². The van der Waals surface area contributed by atoms with E-state index >= 15 is 0 Å². The minimum absolute atomic E-state index is 0. The molecular formula is C21H22Cl2N2S. The minimum atomic E-state index is 0. The van der Waals surface area contributed by atoms with Crippen LogP contribution in [0.1, 0.15) is 12.8 Å². The Kier molecular flexibility index (Phi) is 6.71. The molecule has 2 aromatic carbocycles. The van der Waals surface area contributed by atoms with Crippen molar-refractivity contribution < 1.29 is 0 Å². The van der Waals surface area contributed by atoms with Crippen molar-refractivity contribution in [3.05, 3.63) is 65.0 Å². The minimum Gasteiger partial charge on any atom is -0.301 e. The lowest BCUT2D eigenvalue weighted by atomic mass is 10.1. The van der Waals surface area contributed by atoms with Gasteiger partial charge in [0.15, 0.2) is 0 Å². The van der Waals surface area contributed by atoms with Crippen LogP contribution in [0.3, 0.4) is 0 Å². The molecule has 0 atom stereocenters. The zero-order valence-corrected chi connectivity index (χ0v) is 16.9. The second-order valence-corrected chi connectivity index (χ2v) is 7.95. The van der Waals surface area contributed by atoms with E-state index in [1.807, 2.05) is 12.1 Å². The summed E-state index contributed by atoms with van der Waals surface area (Å²) in [6.07, 6.45) is 2.65. The predicted octanol–water partition coefficient (Wildman–Crippen LogP) is 5.64. The molecule has 0 radical (unpaired) electrons. The van der Waals surface area contributed by atoms with Gasteiger partial charge in [0.2, 0.25) is 0 Å². The molecule has 0 bridgehead atoms. The number of likely N-dealkylation sites (tertiary alicyclic amines) is 1. The summed E-state index contributed by atoms with van der Waals surface area (Å²) in [6, 6.07) is 18.8. The maximum Gasteiger partial charge on any atom is 0.0676 e. The normalized spacial score (nSPS) is 15.3. The van der Waals surface area contributed by atoms with Crippen LogP contribution in [0.15, 0.2) is 59.6 Å². The van der Waals surface area contributed by atoms with E-state index in [0.717, 1.165) is 28.9 Å². The summed E-state index contributed by atoms with van der Waals surface area (Å²) in [6.45, 7) is 4.31. The molecule has 0 N–H and O–H groups in total. The molecule has 1 fully saturated rings. The number of hydrogen-bond donors (Lipinski definition) is 0. The van der Waals surface area contributed by atoms with Crippen LogP contribution >= 0.6 is 35.3 Å². The summed E-state index contributed by atoms with van der Waals surface area (Å²) in [5.41, 5.74) is 1.24. The molecule has 0 spiro atoms. The molecule has 1 saturated heterocycles. The van der Waals surface area contributed by atoms with Crippen LogP contribution in [0.25, 0.3) is 20.5 Å². The van der Waals surface area contributed by atoms with Gasteiger partial charge >= 0.3 is 0 Å². The molecule has 5 heteroatoms. The summed E-state index contributed by atoms with van der Waals surface area (Å²) in [4.78, 5) is 8.68. The van der Waals surface area contributed by atoms with Crippen molar-refractivity contribution in [2.24, 2.45) is 4.99 Å². The van der Waals surface area contributed by atoms with Gasteiger partial charge in [-0.25, -0.2) is 0 Å². The van der Waals surface area contributed by atoms with Gasteiger partial charge in [0.05, 0.1) is 11.9 Å².